The van der Waals surface area contributed by atoms with Gasteiger partial charge in [-0.1, -0.05) is 12.1 Å². The molecule has 2 saturated heterocycles. The number of aromatic hydroxyl groups is 1. The number of aryl methyl sites for hydroxylation is 1. The molecular formula is C16H22N2O5S. The summed E-state index contributed by atoms with van der Waals surface area (Å²) in [5.74, 6) is -0.469. The normalized spacial score (nSPS) is 26.3. The molecule has 24 heavy (non-hydrogen) atoms. The number of phenols is 1. The van der Waals surface area contributed by atoms with Crippen LogP contribution in [0.4, 0.5) is 0 Å². The largest absolute Gasteiger partial charge is 0.507 e. The summed E-state index contributed by atoms with van der Waals surface area (Å²) in [6.07, 6.45) is 0. The SMILES string of the molecule is Cc1cccc(C(=O)N2CCN(CCO)[C@@H]3CS(=O)(=O)C[C@@H]32)c1O. The number of para-hydroxylation sites is 1. The quantitative estimate of drug-likeness (QED) is 0.768. The maximum Gasteiger partial charge on any atom is 0.258 e. The van der Waals surface area contributed by atoms with E-state index >= 15 is 0 Å². The van der Waals surface area contributed by atoms with Crippen molar-refractivity contribution in [1.29, 1.82) is 0 Å². The summed E-state index contributed by atoms with van der Waals surface area (Å²) in [6.45, 7) is 2.96. The number of amides is 1. The third kappa shape index (κ3) is 3.01. The Bertz CT molecular complexity index is 749. The van der Waals surface area contributed by atoms with E-state index in [-0.39, 0.29) is 41.4 Å². The number of piperazine rings is 1. The molecule has 0 unspecified atom stereocenters. The predicted octanol–water partition coefficient (Wildman–Crippen LogP) is -0.384. The molecule has 2 aliphatic rings. The molecule has 1 amide bonds. The Morgan fingerprint density at radius 2 is 1.96 bits per heavy atom. The van der Waals surface area contributed by atoms with Crippen molar-refractivity contribution in [2.45, 2.75) is 19.0 Å². The summed E-state index contributed by atoms with van der Waals surface area (Å²) in [7, 11) is -3.23. The zero-order chi connectivity index (χ0) is 17.5. The highest BCUT2D eigenvalue weighted by atomic mass is 32.2. The zero-order valence-electron chi connectivity index (χ0n) is 13.6. The van der Waals surface area contributed by atoms with Crippen LogP contribution in [0, 0.1) is 6.92 Å². The third-order valence-electron chi connectivity index (χ3n) is 4.91. The number of rotatable bonds is 3. The van der Waals surface area contributed by atoms with Crippen LogP contribution in [-0.2, 0) is 9.84 Å². The van der Waals surface area contributed by atoms with E-state index in [1.807, 2.05) is 4.90 Å². The maximum absolute atomic E-state index is 12.9. The predicted molar refractivity (Wildman–Crippen MR) is 88.8 cm³/mol. The topological polar surface area (TPSA) is 98.2 Å². The first-order valence-corrected chi connectivity index (χ1v) is 9.81. The van der Waals surface area contributed by atoms with E-state index in [9.17, 15) is 23.4 Å². The van der Waals surface area contributed by atoms with E-state index < -0.39 is 15.9 Å². The molecule has 0 spiro atoms. The number of phenolic OH excluding ortho intramolecular Hbond substituents is 1. The molecule has 0 radical (unpaired) electrons. The molecule has 7 nitrogen and oxygen atoms in total. The van der Waals surface area contributed by atoms with E-state index in [1.54, 1.807) is 30.0 Å². The number of carbonyl (C=O) groups is 1. The highest BCUT2D eigenvalue weighted by Gasteiger charge is 2.48. The molecular weight excluding hydrogens is 332 g/mol. The summed E-state index contributed by atoms with van der Waals surface area (Å²) in [5.41, 5.74) is 0.809. The van der Waals surface area contributed by atoms with Crippen LogP contribution in [0.3, 0.4) is 0 Å². The maximum atomic E-state index is 12.9. The second-order valence-corrected chi connectivity index (χ2v) is 8.59. The Hall–Kier alpha value is -1.64. The van der Waals surface area contributed by atoms with E-state index in [0.29, 0.717) is 25.2 Å². The van der Waals surface area contributed by atoms with Gasteiger partial charge in [0.1, 0.15) is 5.75 Å². The molecule has 1 aromatic rings. The highest BCUT2D eigenvalue weighted by Crippen LogP contribution is 2.30. The highest BCUT2D eigenvalue weighted by molar-refractivity contribution is 7.91. The van der Waals surface area contributed by atoms with Crippen LogP contribution in [0.25, 0.3) is 0 Å². The second-order valence-electron chi connectivity index (χ2n) is 6.44. The number of hydrogen-bond acceptors (Lipinski definition) is 6. The number of sulfone groups is 1. The Kier molecular flexibility index (Phi) is 4.54. The first-order valence-electron chi connectivity index (χ1n) is 7.99. The molecule has 8 heteroatoms. The molecule has 0 aromatic heterocycles. The molecule has 2 heterocycles. The monoisotopic (exact) mass is 354 g/mol. The zero-order valence-corrected chi connectivity index (χ0v) is 14.4. The fourth-order valence-corrected chi connectivity index (χ4v) is 5.68. The van der Waals surface area contributed by atoms with Crippen molar-refractivity contribution in [3.8, 4) is 5.75 Å². The average molecular weight is 354 g/mol. The van der Waals surface area contributed by atoms with Crippen LogP contribution in [0.2, 0.25) is 0 Å². The van der Waals surface area contributed by atoms with E-state index in [0.717, 1.165) is 0 Å². The molecule has 2 aliphatic heterocycles. The molecule has 2 fully saturated rings. The van der Waals surface area contributed by atoms with Crippen LogP contribution >= 0.6 is 0 Å². The van der Waals surface area contributed by atoms with Crippen LogP contribution in [0.5, 0.6) is 5.75 Å². The van der Waals surface area contributed by atoms with Gasteiger partial charge in [-0.2, -0.15) is 0 Å². The Labute approximate surface area is 141 Å². The summed E-state index contributed by atoms with van der Waals surface area (Å²) in [6, 6.07) is 4.24. The molecule has 0 saturated carbocycles. The summed E-state index contributed by atoms with van der Waals surface area (Å²) in [5, 5.41) is 19.4. The second kappa shape index (κ2) is 6.34. The molecule has 0 bridgehead atoms. The minimum atomic E-state index is -3.23. The van der Waals surface area contributed by atoms with Crippen LogP contribution < -0.4 is 0 Å². The Morgan fingerprint density at radius 1 is 1.25 bits per heavy atom. The van der Waals surface area contributed by atoms with Crippen molar-refractivity contribution in [2.75, 3.05) is 37.7 Å². The molecule has 3 rings (SSSR count). The minimum absolute atomic E-state index is 0.00124. The van der Waals surface area contributed by atoms with Crippen molar-refractivity contribution in [2.24, 2.45) is 0 Å². The van der Waals surface area contributed by atoms with Gasteiger partial charge in [-0.3, -0.25) is 9.69 Å². The van der Waals surface area contributed by atoms with E-state index in [2.05, 4.69) is 0 Å². The van der Waals surface area contributed by atoms with Crippen LogP contribution in [0.1, 0.15) is 15.9 Å². The van der Waals surface area contributed by atoms with Crippen LogP contribution in [-0.4, -0.2) is 84.2 Å². The van der Waals surface area contributed by atoms with Gasteiger partial charge in [0.05, 0.1) is 29.7 Å². The number of nitrogens with zero attached hydrogens (tertiary/aromatic N) is 2. The number of aliphatic hydroxyl groups excluding tert-OH is 1. The first-order chi connectivity index (χ1) is 11.3. The number of carbonyl (C=O) groups excluding carboxylic acids is 1. The van der Waals surface area contributed by atoms with Crippen molar-refractivity contribution in [3.63, 3.8) is 0 Å². The van der Waals surface area contributed by atoms with Gasteiger partial charge in [-0.05, 0) is 18.6 Å². The molecule has 132 valence electrons. The molecule has 2 N–H and O–H groups in total. The summed E-state index contributed by atoms with van der Waals surface area (Å²) >= 11 is 0. The third-order valence-corrected chi connectivity index (χ3v) is 6.61. The standard InChI is InChI=1S/C16H22N2O5S/c1-11-3-2-4-12(15(11)20)16(21)18-6-5-17(7-8-19)13-9-24(22,23)10-14(13)18/h2-4,13-14,19-20H,5-10H2,1H3/t13-,14+/m1/s1. The lowest BCUT2D eigenvalue weighted by molar-refractivity contribution is 0.0279. The van der Waals surface area contributed by atoms with Gasteiger partial charge in [-0.25, -0.2) is 8.42 Å². The summed E-state index contributed by atoms with van der Waals surface area (Å²) in [4.78, 5) is 16.4. The fourth-order valence-electron chi connectivity index (χ4n) is 3.67. The molecule has 1 aromatic carbocycles. The van der Waals surface area contributed by atoms with Gasteiger partial charge in [0.25, 0.3) is 5.91 Å². The fraction of sp³-hybridized carbons (Fsp3) is 0.562. The van der Waals surface area contributed by atoms with Gasteiger partial charge >= 0.3 is 0 Å². The van der Waals surface area contributed by atoms with Gasteiger partial charge in [-0.15, -0.1) is 0 Å². The van der Waals surface area contributed by atoms with Crippen molar-refractivity contribution < 1.29 is 23.4 Å². The lowest BCUT2D eigenvalue weighted by Crippen LogP contribution is -2.61. The van der Waals surface area contributed by atoms with E-state index in [1.165, 1.54) is 0 Å². The number of benzene rings is 1. The molecule has 2 atom stereocenters. The van der Waals surface area contributed by atoms with E-state index in [4.69, 9.17) is 0 Å². The lowest BCUT2D eigenvalue weighted by Gasteiger charge is -2.43. The Balaban J connectivity index is 1.91. The summed E-state index contributed by atoms with van der Waals surface area (Å²) < 4.78 is 24.2. The minimum Gasteiger partial charge on any atom is -0.507 e. The van der Waals surface area contributed by atoms with Crippen molar-refractivity contribution in [3.05, 3.63) is 29.3 Å². The average Bonchev–Trinajstić information content (AvgIpc) is 2.85. The van der Waals surface area contributed by atoms with Gasteiger partial charge < -0.3 is 15.1 Å². The first kappa shape index (κ1) is 17.2. The van der Waals surface area contributed by atoms with Crippen molar-refractivity contribution in [1.82, 2.24) is 9.80 Å². The van der Waals surface area contributed by atoms with Crippen molar-refractivity contribution >= 4 is 15.7 Å². The Morgan fingerprint density at radius 3 is 2.67 bits per heavy atom. The van der Waals surface area contributed by atoms with Gasteiger partial charge in [0.2, 0.25) is 0 Å². The number of aliphatic hydroxyl groups is 1. The lowest BCUT2D eigenvalue weighted by atomic mass is 10.0. The number of fused-ring (bicyclic) bond motifs is 1. The van der Waals surface area contributed by atoms with Crippen LogP contribution in [0.15, 0.2) is 18.2 Å². The van der Waals surface area contributed by atoms with Gasteiger partial charge in [0.15, 0.2) is 9.84 Å². The number of hydrogen-bond donors (Lipinski definition) is 2. The van der Waals surface area contributed by atoms with Gasteiger partial charge in [0, 0.05) is 25.7 Å². The smallest absolute Gasteiger partial charge is 0.258 e. The molecule has 0 aliphatic carbocycles. The number of β-amino-alcohol motifs (C(OH)–C–C–N with tert-alkyl or cyclic N) is 1.